The maximum Gasteiger partial charge on any atom is 0.329 e. The number of H-pyrrole nitrogens is 1. The van der Waals surface area contributed by atoms with Crippen molar-refractivity contribution in [3.05, 3.63) is 49.1 Å². The molecule has 27 heavy (non-hydrogen) atoms. The van der Waals surface area contributed by atoms with Crippen molar-refractivity contribution in [1.29, 1.82) is 0 Å². The summed E-state index contributed by atoms with van der Waals surface area (Å²) in [7, 11) is 1.55. The molecule has 3 rings (SSSR count). The van der Waals surface area contributed by atoms with E-state index in [1.54, 1.807) is 29.8 Å². The fourth-order valence-corrected chi connectivity index (χ4v) is 3.02. The Morgan fingerprint density at radius 2 is 2.19 bits per heavy atom. The van der Waals surface area contributed by atoms with Crippen LogP contribution in [0.5, 0.6) is 5.75 Å². The molecule has 0 atom stereocenters. The van der Waals surface area contributed by atoms with E-state index in [4.69, 9.17) is 0 Å². The number of imidazole rings is 1. The van der Waals surface area contributed by atoms with E-state index in [-0.39, 0.29) is 11.4 Å². The van der Waals surface area contributed by atoms with Crippen molar-refractivity contribution in [2.24, 2.45) is 12.1 Å². The Morgan fingerprint density at radius 1 is 1.41 bits per heavy atom. The molecule has 142 valence electrons. The van der Waals surface area contributed by atoms with Crippen molar-refractivity contribution in [2.45, 2.75) is 26.3 Å². The molecule has 0 bridgehead atoms. The third-order valence-electron chi connectivity index (χ3n) is 4.10. The van der Waals surface area contributed by atoms with Crippen LogP contribution in [0.4, 0.5) is 5.95 Å². The smallest absolute Gasteiger partial charge is 0.329 e. The monoisotopic (exact) mass is 434 g/mol. The summed E-state index contributed by atoms with van der Waals surface area (Å²) in [5.41, 5.74) is 2.90. The van der Waals surface area contributed by atoms with Gasteiger partial charge in [0.25, 0.3) is 5.56 Å². The van der Waals surface area contributed by atoms with Gasteiger partial charge in [0.1, 0.15) is 5.75 Å². The number of anilines is 1. The minimum Gasteiger partial charge on any atom is -0.507 e. The van der Waals surface area contributed by atoms with Crippen LogP contribution in [0.2, 0.25) is 0 Å². The van der Waals surface area contributed by atoms with Crippen LogP contribution in [-0.2, 0) is 13.6 Å². The molecule has 0 radical (unpaired) electrons. The van der Waals surface area contributed by atoms with Crippen molar-refractivity contribution < 1.29 is 5.11 Å². The number of fused-ring (bicyclic) bond motifs is 1. The molecule has 0 amide bonds. The predicted molar refractivity (Wildman–Crippen MR) is 108 cm³/mol. The fourth-order valence-electron chi connectivity index (χ4n) is 2.64. The maximum absolute atomic E-state index is 12.3. The van der Waals surface area contributed by atoms with Crippen LogP contribution >= 0.6 is 15.9 Å². The van der Waals surface area contributed by atoms with Crippen molar-refractivity contribution >= 4 is 39.3 Å². The molecular formula is C17H19BrN6O3. The molecule has 0 spiro atoms. The average molecular weight is 435 g/mol. The van der Waals surface area contributed by atoms with E-state index in [1.807, 2.05) is 6.92 Å². The Hall–Kier alpha value is -2.88. The molecule has 0 aliphatic heterocycles. The number of nitrogens with one attached hydrogen (secondary N) is 2. The van der Waals surface area contributed by atoms with Gasteiger partial charge >= 0.3 is 5.69 Å². The number of nitrogens with zero attached hydrogens (tertiary/aromatic N) is 4. The maximum atomic E-state index is 12.3. The Balaban J connectivity index is 2.02. The van der Waals surface area contributed by atoms with Gasteiger partial charge in [0, 0.05) is 23.6 Å². The third kappa shape index (κ3) is 3.80. The number of aromatic nitrogens is 4. The van der Waals surface area contributed by atoms with E-state index in [9.17, 15) is 14.7 Å². The van der Waals surface area contributed by atoms with E-state index in [0.29, 0.717) is 23.6 Å². The van der Waals surface area contributed by atoms with Crippen LogP contribution in [-0.4, -0.2) is 30.4 Å². The van der Waals surface area contributed by atoms with E-state index in [1.165, 1.54) is 10.8 Å². The number of aromatic hydroxyl groups is 1. The summed E-state index contributed by atoms with van der Waals surface area (Å²) in [6.45, 7) is 2.59. The van der Waals surface area contributed by atoms with Gasteiger partial charge in [-0.2, -0.15) is 10.1 Å². The highest BCUT2D eigenvalue weighted by molar-refractivity contribution is 9.10. The lowest BCUT2D eigenvalue weighted by molar-refractivity contribution is 0.474. The highest BCUT2D eigenvalue weighted by Gasteiger charge is 2.16. The predicted octanol–water partition coefficient (Wildman–Crippen LogP) is 2.14. The topological polar surface area (TPSA) is 117 Å². The quantitative estimate of drug-likeness (QED) is 0.405. The van der Waals surface area contributed by atoms with Gasteiger partial charge in [0.2, 0.25) is 5.95 Å². The van der Waals surface area contributed by atoms with Gasteiger partial charge in [-0.15, -0.1) is 0 Å². The van der Waals surface area contributed by atoms with Crippen LogP contribution in [0, 0.1) is 0 Å². The van der Waals surface area contributed by atoms with E-state index < -0.39 is 11.2 Å². The summed E-state index contributed by atoms with van der Waals surface area (Å²) in [5, 5.41) is 14.0. The molecule has 0 saturated heterocycles. The zero-order valence-corrected chi connectivity index (χ0v) is 16.4. The second-order valence-corrected chi connectivity index (χ2v) is 6.92. The number of phenolic OH excluding ortho intramolecular Hbond substituents is 1. The molecule has 0 aliphatic carbocycles. The summed E-state index contributed by atoms with van der Waals surface area (Å²) in [6.07, 6.45) is 3.21. The third-order valence-corrected chi connectivity index (χ3v) is 4.59. The number of hydrazone groups is 1. The second-order valence-electron chi connectivity index (χ2n) is 6.00. The number of aromatic amines is 1. The zero-order valence-electron chi connectivity index (χ0n) is 14.9. The number of hydrogen-bond donors (Lipinski definition) is 3. The minimum atomic E-state index is -0.526. The molecule has 0 saturated carbocycles. The molecule has 0 aliphatic rings. The van der Waals surface area contributed by atoms with Crippen molar-refractivity contribution in [2.75, 3.05) is 5.43 Å². The molecule has 0 fully saturated rings. The second kappa shape index (κ2) is 7.78. The van der Waals surface area contributed by atoms with Gasteiger partial charge in [-0.25, -0.2) is 10.2 Å². The average Bonchev–Trinajstić information content (AvgIpc) is 3.00. The van der Waals surface area contributed by atoms with E-state index >= 15 is 0 Å². The van der Waals surface area contributed by atoms with Crippen molar-refractivity contribution in [3.63, 3.8) is 0 Å². The zero-order chi connectivity index (χ0) is 19.6. The number of unbranched alkanes of at least 4 members (excludes halogenated alkanes) is 1. The van der Waals surface area contributed by atoms with Crippen molar-refractivity contribution in [3.8, 4) is 5.75 Å². The van der Waals surface area contributed by atoms with Gasteiger partial charge in [-0.05, 0) is 24.6 Å². The number of rotatable bonds is 6. The standard InChI is InChI=1S/C17H19BrN6O3/c1-3-4-7-24-13-14(23(2)17(27)21-15(13)26)20-16(24)22-19-9-10-8-11(18)5-6-12(10)25/h5-6,8-9,25H,3-4,7H2,1-2H3,(H,20,22)(H,21,26,27)/b19-9+. The normalized spacial score (nSPS) is 11.5. The lowest BCUT2D eigenvalue weighted by Gasteiger charge is -2.07. The van der Waals surface area contributed by atoms with Gasteiger partial charge in [-0.3, -0.25) is 14.3 Å². The largest absolute Gasteiger partial charge is 0.507 e. The summed E-state index contributed by atoms with van der Waals surface area (Å²) >= 11 is 3.34. The molecule has 9 nitrogen and oxygen atoms in total. The van der Waals surface area contributed by atoms with Crippen LogP contribution in [0.25, 0.3) is 11.2 Å². The minimum absolute atomic E-state index is 0.0853. The van der Waals surface area contributed by atoms with Gasteiger partial charge in [0.05, 0.1) is 6.21 Å². The molecule has 2 heterocycles. The fraction of sp³-hybridized carbons (Fsp3) is 0.294. The van der Waals surface area contributed by atoms with Gasteiger partial charge in [-0.1, -0.05) is 29.3 Å². The number of benzene rings is 1. The lowest BCUT2D eigenvalue weighted by Crippen LogP contribution is -2.29. The molecular weight excluding hydrogens is 416 g/mol. The Morgan fingerprint density at radius 3 is 2.93 bits per heavy atom. The number of aryl methyl sites for hydroxylation is 2. The molecule has 10 heteroatoms. The first-order chi connectivity index (χ1) is 12.9. The van der Waals surface area contributed by atoms with Gasteiger partial charge in [0.15, 0.2) is 11.2 Å². The first-order valence-corrected chi connectivity index (χ1v) is 9.18. The molecule has 0 unspecified atom stereocenters. The molecule has 1 aromatic carbocycles. The summed E-state index contributed by atoms with van der Waals surface area (Å²) in [6, 6.07) is 4.99. The van der Waals surface area contributed by atoms with E-state index in [0.717, 1.165) is 17.3 Å². The Bertz CT molecular complexity index is 1130. The Kier molecular flexibility index (Phi) is 5.45. The summed E-state index contributed by atoms with van der Waals surface area (Å²) in [4.78, 5) is 30.8. The summed E-state index contributed by atoms with van der Waals surface area (Å²) < 4.78 is 3.79. The first kappa shape index (κ1) is 18.9. The lowest BCUT2D eigenvalue weighted by atomic mass is 10.2. The molecule has 3 aromatic rings. The van der Waals surface area contributed by atoms with Crippen LogP contribution in [0.15, 0.2) is 37.4 Å². The SMILES string of the molecule is CCCCn1c(N/N=C/c2cc(Br)ccc2O)nc2c1c(=O)[nH]c(=O)n2C. The van der Waals surface area contributed by atoms with Gasteiger partial charge < -0.3 is 9.67 Å². The van der Waals surface area contributed by atoms with Crippen LogP contribution < -0.4 is 16.7 Å². The highest BCUT2D eigenvalue weighted by Crippen LogP contribution is 2.20. The van der Waals surface area contributed by atoms with Crippen LogP contribution in [0.1, 0.15) is 25.3 Å². The summed E-state index contributed by atoms with van der Waals surface area (Å²) in [5.74, 6) is 0.429. The number of halogens is 1. The Labute approximate surface area is 162 Å². The van der Waals surface area contributed by atoms with Crippen molar-refractivity contribution in [1.82, 2.24) is 19.1 Å². The highest BCUT2D eigenvalue weighted by atomic mass is 79.9. The number of hydrogen-bond acceptors (Lipinski definition) is 6. The first-order valence-electron chi connectivity index (χ1n) is 8.39. The van der Waals surface area contributed by atoms with Crippen LogP contribution in [0.3, 0.4) is 0 Å². The molecule has 3 N–H and O–H groups in total. The number of phenols is 1. The molecule has 2 aromatic heterocycles. The van der Waals surface area contributed by atoms with E-state index in [2.05, 4.69) is 36.4 Å².